The molecule has 4 heterocycles. The topological polar surface area (TPSA) is 59.3 Å². The van der Waals surface area contributed by atoms with E-state index in [9.17, 15) is 0 Å². The number of halogens is 1. The van der Waals surface area contributed by atoms with E-state index in [1.807, 2.05) is 24.3 Å². The summed E-state index contributed by atoms with van der Waals surface area (Å²) < 4.78 is 7.54. The number of nitrogens with zero attached hydrogens (tertiary/aromatic N) is 6. The van der Waals surface area contributed by atoms with Crippen LogP contribution in [-0.4, -0.2) is 51.9 Å². The summed E-state index contributed by atoms with van der Waals surface area (Å²) in [5, 5.41) is 9.97. The quantitative estimate of drug-likeness (QED) is 0.639. The van der Waals surface area contributed by atoms with Crippen LogP contribution in [0.5, 0.6) is 5.88 Å². The summed E-state index contributed by atoms with van der Waals surface area (Å²) in [7, 11) is 3.76. The highest BCUT2D eigenvalue weighted by atomic mass is 35.5. The standard InChI is InChI=1S/C22H25ClN6O/c1-27-13-16-12-17(23)6-7-18(16)29-20(14-27)25-26-22(29)15-8-10-28(11-9-15)19-4-3-5-21(24-19)30-2/h3-7,12,15H,8-11,13-14H2,1-2H3. The molecular weight excluding hydrogens is 400 g/mol. The molecule has 0 aliphatic carbocycles. The summed E-state index contributed by atoms with van der Waals surface area (Å²) in [6.07, 6.45) is 2.02. The van der Waals surface area contributed by atoms with E-state index in [0.29, 0.717) is 11.8 Å². The molecule has 2 aliphatic heterocycles. The van der Waals surface area contributed by atoms with Crippen LogP contribution in [0.2, 0.25) is 5.02 Å². The fourth-order valence-corrected chi connectivity index (χ4v) is 4.70. The number of pyridine rings is 1. The number of benzene rings is 1. The molecule has 0 unspecified atom stereocenters. The monoisotopic (exact) mass is 424 g/mol. The summed E-state index contributed by atoms with van der Waals surface area (Å²) in [4.78, 5) is 9.16. The molecule has 30 heavy (non-hydrogen) atoms. The second-order valence-corrected chi connectivity index (χ2v) is 8.49. The van der Waals surface area contributed by atoms with Crippen molar-refractivity contribution in [3.63, 3.8) is 0 Å². The first-order valence-electron chi connectivity index (χ1n) is 10.3. The summed E-state index contributed by atoms with van der Waals surface area (Å²) in [6, 6.07) is 12.0. The largest absolute Gasteiger partial charge is 0.481 e. The van der Waals surface area contributed by atoms with Crippen LogP contribution in [-0.2, 0) is 13.1 Å². The van der Waals surface area contributed by atoms with Crippen LogP contribution in [0.4, 0.5) is 5.82 Å². The van der Waals surface area contributed by atoms with Gasteiger partial charge in [0.1, 0.15) is 11.6 Å². The summed E-state index contributed by atoms with van der Waals surface area (Å²) in [6.45, 7) is 3.48. The number of rotatable bonds is 3. The average Bonchev–Trinajstić information content (AvgIpc) is 3.11. The van der Waals surface area contributed by atoms with Crippen molar-refractivity contribution < 1.29 is 4.74 Å². The van der Waals surface area contributed by atoms with E-state index in [4.69, 9.17) is 16.3 Å². The third kappa shape index (κ3) is 3.52. The summed E-state index contributed by atoms with van der Waals surface area (Å²) >= 11 is 6.28. The lowest BCUT2D eigenvalue weighted by Crippen LogP contribution is -2.34. The van der Waals surface area contributed by atoms with E-state index >= 15 is 0 Å². The van der Waals surface area contributed by atoms with Crippen molar-refractivity contribution in [1.29, 1.82) is 0 Å². The molecule has 1 fully saturated rings. The number of methoxy groups -OCH3 is 1. The van der Waals surface area contributed by atoms with E-state index in [2.05, 4.69) is 48.7 Å². The normalized spacial score (nSPS) is 17.4. The van der Waals surface area contributed by atoms with Gasteiger partial charge in [-0.3, -0.25) is 9.47 Å². The minimum absolute atomic E-state index is 0.361. The number of piperidine rings is 1. The van der Waals surface area contributed by atoms with Crippen LogP contribution in [0.1, 0.15) is 36.0 Å². The maximum absolute atomic E-state index is 6.28. The van der Waals surface area contributed by atoms with Gasteiger partial charge in [0.05, 0.1) is 19.3 Å². The lowest BCUT2D eigenvalue weighted by atomic mass is 9.95. The SMILES string of the molecule is COc1cccc(N2CCC(c3nnc4n3-c3ccc(Cl)cc3CN(C)C4)CC2)n1. The minimum atomic E-state index is 0.361. The van der Waals surface area contributed by atoms with Crippen LogP contribution in [0.15, 0.2) is 36.4 Å². The van der Waals surface area contributed by atoms with Gasteiger partial charge in [0.25, 0.3) is 0 Å². The zero-order chi connectivity index (χ0) is 20.7. The van der Waals surface area contributed by atoms with Crippen molar-refractivity contribution in [3.05, 3.63) is 58.6 Å². The molecule has 0 N–H and O–H groups in total. The van der Waals surface area contributed by atoms with Crippen molar-refractivity contribution in [2.24, 2.45) is 0 Å². The molecule has 5 rings (SSSR count). The molecule has 0 spiro atoms. The first-order valence-corrected chi connectivity index (χ1v) is 10.7. The lowest BCUT2D eigenvalue weighted by molar-refractivity contribution is 0.315. The van der Waals surface area contributed by atoms with Crippen LogP contribution >= 0.6 is 11.6 Å². The number of fused-ring (bicyclic) bond motifs is 3. The fraction of sp³-hybridized carbons (Fsp3) is 0.409. The lowest BCUT2D eigenvalue weighted by Gasteiger charge is -2.32. The second kappa shape index (κ2) is 7.89. The molecule has 0 atom stereocenters. The van der Waals surface area contributed by atoms with Crippen molar-refractivity contribution in [3.8, 4) is 11.6 Å². The Labute approximate surface area is 181 Å². The van der Waals surface area contributed by atoms with Crippen LogP contribution in [0, 0.1) is 0 Å². The maximum Gasteiger partial charge on any atom is 0.214 e. The Bertz CT molecular complexity index is 1060. The molecule has 3 aromatic rings. The molecule has 0 bridgehead atoms. The predicted molar refractivity (Wildman–Crippen MR) is 117 cm³/mol. The molecule has 7 nitrogen and oxygen atoms in total. The summed E-state index contributed by atoms with van der Waals surface area (Å²) in [5.74, 6) is 4.03. The minimum Gasteiger partial charge on any atom is -0.481 e. The van der Waals surface area contributed by atoms with Gasteiger partial charge in [-0.15, -0.1) is 10.2 Å². The molecule has 0 saturated carbocycles. The number of aromatic nitrogens is 4. The zero-order valence-electron chi connectivity index (χ0n) is 17.3. The predicted octanol–water partition coefficient (Wildman–Crippen LogP) is 3.65. The van der Waals surface area contributed by atoms with Gasteiger partial charge in [-0.05, 0) is 49.7 Å². The molecular formula is C22H25ClN6O. The van der Waals surface area contributed by atoms with E-state index in [0.717, 1.165) is 67.2 Å². The van der Waals surface area contributed by atoms with Gasteiger partial charge in [-0.2, -0.15) is 4.98 Å². The molecule has 2 aliphatic rings. The van der Waals surface area contributed by atoms with Crippen molar-refractivity contribution >= 4 is 17.4 Å². The van der Waals surface area contributed by atoms with Gasteiger partial charge < -0.3 is 9.64 Å². The highest BCUT2D eigenvalue weighted by Crippen LogP contribution is 2.34. The smallest absolute Gasteiger partial charge is 0.214 e. The number of ether oxygens (including phenoxy) is 1. The molecule has 0 radical (unpaired) electrons. The molecule has 2 aromatic heterocycles. The van der Waals surface area contributed by atoms with E-state index < -0.39 is 0 Å². The maximum atomic E-state index is 6.28. The van der Waals surface area contributed by atoms with Gasteiger partial charge in [0.15, 0.2) is 5.82 Å². The Kier molecular flexibility index (Phi) is 5.08. The van der Waals surface area contributed by atoms with Gasteiger partial charge in [0.2, 0.25) is 5.88 Å². The van der Waals surface area contributed by atoms with Crippen LogP contribution in [0.3, 0.4) is 0 Å². The van der Waals surface area contributed by atoms with Gasteiger partial charge in [-0.25, -0.2) is 0 Å². The third-order valence-corrected chi connectivity index (χ3v) is 6.23. The van der Waals surface area contributed by atoms with Crippen LogP contribution in [0.25, 0.3) is 5.69 Å². The van der Waals surface area contributed by atoms with Crippen molar-refractivity contribution in [2.75, 3.05) is 32.1 Å². The highest BCUT2D eigenvalue weighted by Gasteiger charge is 2.29. The first-order chi connectivity index (χ1) is 14.6. The van der Waals surface area contributed by atoms with Crippen LogP contribution < -0.4 is 9.64 Å². The number of hydrogen-bond acceptors (Lipinski definition) is 6. The second-order valence-electron chi connectivity index (χ2n) is 8.05. The highest BCUT2D eigenvalue weighted by molar-refractivity contribution is 6.30. The van der Waals surface area contributed by atoms with Gasteiger partial charge >= 0.3 is 0 Å². The number of anilines is 1. The molecule has 1 saturated heterocycles. The van der Waals surface area contributed by atoms with Gasteiger partial charge in [-0.1, -0.05) is 17.7 Å². The Morgan fingerprint density at radius 1 is 1.07 bits per heavy atom. The first kappa shape index (κ1) is 19.3. The van der Waals surface area contributed by atoms with E-state index in [1.54, 1.807) is 7.11 Å². The Morgan fingerprint density at radius 3 is 2.70 bits per heavy atom. The van der Waals surface area contributed by atoms with Gasteiger partial charge in [0, 0.05) is 36.6 Å². The molecule has 0 amide bonds. The van der Waals surface area contributed by atoms with E-state index in [1.165, 1.54) is 5.56 Å². The van der Waals surface area contributed by atoms with E-state index in [-0.39, 0.29) is 0 Å². The Balaban J connectivity index is 1.42. The number of hydrogen-bond donors (Lipinski definition) is 0. The third-order valence-electron chi connectivity index (χ3n) is 5.99. The van der Waals surface area contributed by atoms with Crippen molar-refractivity contribution in [2.45, 2.75) is 31.8 Å². The Morgan fingerprint density at radius 2 is 1.90 bits per heavy atom. The molecule has 8 heteroatoms. The molecule has 156 valence electrons. The zero-order valence-corrected chi connectivity index (χ0v) is 18.0. The van der Waals surface area contributed by atoms with Crippen molar-refractivity contribution in [1.82, 2.24) is 24.6 Å². The fourth-order valence-electron chi connectivity index (χ4n) is 4.51. The Hall–Kier alpha value is -2.64. The summed E-state index contributed by atoms with van der Waals surface area (Å²) in [5.41, 5.74) is 2.36. The molecule has 1 aromatic carbocycles. The average molecular weight is 425 g/mol.